The summed E-state index contributed by atoms with van der Waals surface area (Å²) in [5, 5.41) is 0. The molecule has 0 spiro atoms. The highest BCUT2D eigenvalue weighted by atomic mass is 19.1. The molecule has 2 atom stereocenters. The van der Waals surface area contributed by atoms with Crippen LogP contribution in [0.4, 0.5) is 10.1 Å². The molecular formula is C19H28FN3O. The monoisotopic (exact) mass is 333 g/mol. The lowest BCUT2D eigenvalue weighted by atomic mass is 9.97. The number of piperidine rings is 1. The molecule has 1 amide bonds. The van der Waals surface area contributed by atoms with E-state index in [1.165, 1.54) is 18.6 Å². The van der Waals surface area contributed by atoms with Crippen molar-refractivity contribution in [2.45, 2.75) is 45.2 Å². The van der Waals surface area contributed by atoms with Crippen LogP contribution in [0.25, 0.3) is 0 Å². The fraction of sp³-hybridized carbons (Fsp3) is 0.632. The maximum atomic E-state index is 13.0. The minimum atomic E-state index is -0.201. The molecule has 2 aliphatic rings. The van der Waals surface area contributed by atoms with Crippen LogP contribution >= 0.6 is 0 Å². The third-order valence-electron chi connectivity index (χ3n) is 5.40. The fourth-order valence-electron chi connectivity index (χ4n) is 4.00. The average Bonchev–Trinajstić information content (AvgIpc) is 2.56. The van der Waals surface area contributed by atoms with Crippen molar-refractivity contribution in [3.05, 3.63) is 30.1 Å². The predicted octanol–water partition coefficient (Wildman–Crippen LogP) is 2.74. The molecule has 0 aromatic heterocycles. The fourth-order valence-corrected chi connectivity index (χ4v) is 4.00. The molecular weight excluding hydrogens is 305 g/mol. The van der Waals surface area contributed by atoms with E-state index in [2.05, 4.69) is 28.5 Å². The first-order chi connectivity index (χ1) is 11.5. The van der Waals surface area contributed by atoms with Gasteiger partial charge in [-0.2, -0.15) is 0 Å². The molecule has 2 aliphatic heterocycles. The molecule has 2 heterocycles. The Hall–Kier alpha value is -1.62. The van der Waals surface area contributed by atoms with Crippen molar-refractivity contribution < 1.29 is 9.18 Å². The second-order valence-electron chi connectivity index (χ2n) is 7.17. The molecule has 1 aromatic carbocycles. The van der Waals surface area contributed by atoms with Crippen LogP contribution in [0.5, 0.6) is 0 Å². The van der Waals surface area contributed by atoms with Gasteiger partial charge in [0.25, 0.3) is 0 Å². The molecule has 0 aliphatic carbocycles. The van der Waals surface area contributed by atoms with Crippen molar-refractivity contribution in [2.75, 3.05) is 37.6 Å². The highest BCUT2D eigenvalue weighted by Gasteiger charge is 2.30. The van der Waals surface area contributed by atoms with Crippen LogP contribution in [0.2, 0.25) is 0 Å². The number of anilines is 1. The number of carbonyl (C=O) groups is 1. The molecule has 0 radical (unpaired) electrons. The van der Waals surface area contributed by atoms with Gasteiger partial charge in [0.15, 0.2) is 0 Å². The summed E-state index contributed by atoms with van der Waals surface area (Å²) in [5.41, 5.74) is 1.06. The van der Waals surface area contributed by atoms with E-state index in [1.54, 1.807) is 0 Å². The van der Waals surface area contributed by atoms with E-state index in [-0.39, 0.29) is 11.7 Å². The molecule has 2 fully saturated rings. The summed E-state index contributed by atoms with van der Waals surface area (Å²) in [6.07, 6.45) is 3.46. The Morgan fingerprint density at radius 1 is 1.04 bits per heavy atom. The zero-order valence-electron chi connectivity index (χ0n) is 14.7. The van der Waals surface area contributed by atoms with Crippen molar-refractivity contribution in [1.82, 2.24) is 9.80 Å². The normalized spacial score (nSPS) is 25.8. The van der Waals surface area contributed by atoms with Gasteiger partial charge in [-0.3, -0.25) is 9.69 Å². The first-order valence-electron chi connectivity index (χ1n) is 9.08. The number of nitrogens with zero attached hydrogens (tertiary/aromatic N) is 3. The zero-order valence-corrected chi connectivity index (χ0v) is 14.7. The topological polar surface area (TPSA) is 26.8 Å². The first-order valence-corrected chi connectivity index (χ1v) is 9.08. The molecule has 0 bridgehead atoms. The molecule has 2 saturated heterocycles. The molecule has 5 heteroatoms. The van der Waals surface area contributed by atoms with E-state index in [1.807, 2.05) is 12.1 Å². The van der Waals surface area contributed by atoms with Crippen LogP contribution in [0.3, 0.4) is 0 Å². The van der Waals surface area contributed by atoms with Gasteiger partial charge in [0.2, 0.25) is 5.91 Å². The highest BCUT2D eigenvalue weighted by molar-refractivity contribution is 5.79. The number of likely N-dealkylation sites (tertiary alicyclic amines) is 1. The van der Waals surface area contributed by atoms with E-state index in [0.29, 0.717) is 18.6 Å². The van der Waals surface area contributed by atoms with E-state index < -0.39 is 0 Å². The zero-order chi connectivity index (χ0) is 17.1. The Morgan fingerprint density at radius 2 is 1.62 bits per heavy atom. The summed E-state index contributed by atoms with van der Waals surface area (Å²) in [5.74, 6) is 0.0673. The van der Waals surface area contributed by atoms with E-state index >= 15 is 0 Å². The lowest BCUT2D eigenvalue weighted by Gasteiger charge is -2.41. The van der Waals surface area contributed by atoms with Gasteiger partial charge in [0.1, 0.15) is 5.82 Å². The van der Waals surface area contributed by atoms with Crippen molar-refractivity contribution in [3.8, 4) is 0 Å². The van der Waals surface area contributed by atoms with Crippen molar-refractivity contribution in [3.63, 3.8) is 0 Å². The van der Waals surface area contributed by atoms with Crippen LogP contribution in [0.15, 0.2) is 24.3 Å². The number of piperazine rings is 1. The van der Waals surface area contributed by atoms with E-state index in [9.17, 15) is 9.18 Å². The van der Waals surface area contributed by atoms with Gasteiger partial charge in [-0.05, 0) is 57.4 Å². The van der Waals surface area contributed by atoms with E-state index in [0.717, 1.165) is 44.7 Å². The lowest BCUT2D eigenvalue weighted by molar-refractivity contribution is -0.138. The molecule has 0 saturated carbocycles. The van der Waals surface area contributed by atoms with Crippen LogP contribution in [-0.2, 0) is 4.79 Å². The minimum Gasteiger partial charge on any atom is -0.369 e. The number of rotatable bonds is 3. The van der Waals surface area contributed by atoms with Gasteiger partial charge >= 0.3 is 0 Å². The summed E-state index contributed by atoms with van der Waals surface area (Å²) in [7, 11) is 0. The van der Waals surface area contributed by atoms with Gasteiger partial charge in [-0.25, -0.2) is 4.39 Å². The summed E-state index contributed by atoms with van der Waals surface area (Å²) >= 11 is 0. The summed E-state index contributed by atoms with van der Waals surface area (Å²) in [6.45, 7) is 8.36. The molecule has 132 valence electrons. The molecule has 24 heavy (non-hydrogen) atoms. The Balaban J connectivity index is 1.51. The Kier molecular flexibility index (Phi) is 5.39. The van der Waals surface area contributed by atoms with Gasteiger partial charge < -0.3 is 9.80 Å². The van der Waals surface area contributed by atoms with Crippen LogP contribution < -0.4 is 4.90 Å². The Morgan fingerprint density at radius 3 is 2.21 bits per heavy atom. The number of amides is 1. The van der Waals surface area contributed by atoms with Gasteiger partial charge in [-0.1, -0.05) is 0 Å². The number of hydrogen-bond acceptors (Lipinski definition) is 3. The smallest absolute Gasteiger partial charge is 0.237 e. The lowest BCUT2D eigenvalue weighted by Crippen LogP contribution is -2.54. The molecule has 1 aromatic rings. The number of halogens is 1. The highest BCUT2D eigenvalue weighted by Crippen LogP contribution is 2.23. The largest absolute Gasteiger partial charge is 0.369 e. The number of hydrogen-bond donors (Lipinski definition) is 0. The third-order valence-corrected chi connectivity index (χ3v) is 5.40. The van der Waals surface area contributed by atoms with E-state index in [4.69, 9.17) is 0 Å². The number of benzene rings is 1. The SMILES string of the molecule is CC1CCCC(C)N1C(=O)CN1CCN(c2ccc(F)cc2)CC1. The van der Waals surface area contributed by atoms with Crippen LogP contribution in [-0.4, -0.2) is 60.5 Å². The maximum absolute atomic E-state index is 13.0. The average molecular weight is 333 g/mol. The standard InChI is InChI=1S/C19H28FN3O/c1-15-4-3-5-16(2)23(15)19(24)14-21-10-12-22(13-11-21)18-8-6-17(20)7-9-18/h6-9,15-16H,3-5,10-14H2,1-2H3. The molecule has 2 unspecified atom stereocenters. The van der Waals surface area contributed by atoms with Crippen LogP contribution in [0, 0.1) is 5.82 Å². The Bertz CT molecular complexity index is 544. The molecule has 0 N–H and O–H groups in total. The predicted molar refractivity (Wildman–Crippen MR) is 94.7 cm³/mol. The quantitative estimate of drug-likeness (QED) is 0.851. The summed E-state index contributed by atoms with van der Waals surface area (Å²) in [6, 6.07) is 7.39. The van der Waals surface area contributed by atoms with Gasteiger partial charge in [0, 0.05) is 44.0 Å². The van der Waals surface area contributed by atoms with Gasteiger partial charge in [0.05, 0.1) is 6.54 Å². The van der Waals surface area contributed by atoms with Gasteiger partial charge in [-0.15, -0.1) is 0 Å². The van der Waals surface area contributed by atoms with Crippen molar-refractivity contribution in [1.29, 1.82) is 0 Å². The third kappa shape index (κ3) is 3.89. The first kappa shape index (κ1) is 17.2. The minimum absolute atomic E-state index is 0.201. The Labute approximate surface area is 144 Å². The maximum Gasteiger partial charge on any atom is 0.237 e. The second-order valence-corrected chi connectivity index (χ2v) is 7.17. The summed E-state index contributed by atoms with van der Waals surface area (Å²) in [4.78, 5) is 19.3. The number of carbonyl (C=O) groups excluding carboxylic acids is 1. The van der Waals surface area contributed by atoms with Crippen molar-refractivity contribution >= 4 is 11.6 Å². The molecule has 3 rings (SSSR count). The molecule has 4 nitrogen and oxygen atoms in total. The van der Waals surface area contributed by atoms with Crippen molar-refractivity contribution in [2.24, 2.45) is 0 Å². The van der Waals surface area contributed by atoms with Crippen LogP contribution in [0.1, 0.15) is 33.1 Å². The second kappa shape index (κ2) is 7.51. The summed E-state index contributed by atoms with van der Waals surface area (Å²) < 4.78 is 13.0.